The fourth-order valence-corrected chi connectivity index (χ4v) is 2.29. The predicted octanol–water partition coefficient (Wildman–Crippen LogP) is 4.24. The van der Waals surface area contributed by atoms with Gasteiger partial charge in [0.1, 0.15) is 11.3 Å². The molecule has 2 heterocycles. The van der Waals surface area contributed by atoms with Crippen molar-refractivity contribution < 1.29 is 13.2 Å². The lowest BCUT2D eigenvalue weighted by Gasteiger charge is -2.19. The molecule has 2 aromatic rings. The third-order valence-electron chi connectivity index (χ3n) is 2.84. The van der Waals surface area contributed by atoms with Crippen molar-refractivity contribution in [3.05, 3.63) is 24.3 Å². The predicted molar refractivity (Wildman–Crippen MR) is 67.2 cm³/mol. The van der Waals surface area contributed by atoms with Gasteiger partial charge in [0.15, 0.2) is 0 Å². The molecule has 0 aliphatic carbocycles. The first-order valence-corrected chi connectivity index (χ1v) is 6.26. The Morgan fingerprint density at radius 3 is 2.63 bits per heavy atom. The Morgan fingerprint density at radius 2 is 2.05 bits per heavy atom. The SMILES string of the molecule is CC(Cl)c1nc2cnccc2n1C(C)CC(F)(F)F. The van der Waals surface area contributed by atoms with Crippen molar-refractivity contribution in [3.8, 4) is 0 Å². The third kappa shape index (κ3) is 3.00. The monoisotopic (exact) mass is 291 g/mol. The molecule has 0 spiro atoms. The molecular formula is C12H13ClF3N3. The second kappa shape index (κ2) is 5.00. The van der Waals surface area contributed by atoms with E-state index in [-0.39, 0.29) is 0 Å². The molecule has 0 radical (unpaired) electrons. The van der Waals surface area contributed by atoms with Gasteiger partial charge in [0.2, 0.25) is 0 Å². The molecule has 2 rings (SSSR count). The summed E-state index contributed by atoms with van der Waals surface area (Å²) in [5.74, 6) is 0.432. The van der Waals surface area contributed by atoms with Crippen molar-refractivity contribution >= 4 is 22.6 Å². The number of nitrogens with zero attached hydrogens (tertiary/aromatic N) is 3. The minimum absolute atomic E-state index is 0.432. The van der Waals surface area contributed by atoms with E-state index < -0.39 is 24.0 Å². The lowest BCUT2D eigenvalue weighted by Crippen LogP contribution is -2.18. The van der Waals surface area contributed by atoms with Crippen LogP contribution in [-0.2, 0) is 0 Å². The highest BCUT2D eigenvalue weighted by molar-refractivity contribution is 6.20. The summed E-state index contributed by atoms with van der Waals surface area (Å²) in [4.78, 5) is 8.18. The number of halogens is 4. The van der Waals surface area contributed by atoms with Crippen molar-refractivity contribution in [1.82, 2.24) is 14.5 Å². The smallest absolute Gasteiger partial charge is 0.323 e. The second-order valence-corrected chi connectivity index (χ2v) is 5.14. The molecule has 0 aliphatic heterocycles. The van der Waals surface area contributed by atoms with Crippen LogP contribution in [0.5, 0.6) is 0 Å². The molecule has 0 amide bonds. The van der Waals surface area contributed by atoms with Crippen LogP contribution in [0.3, 0.4) is 0 Å². The van der Waals surface area contributed by atoms with Gasteiger partial charge in [-0.05, 0) is 19.9 Å². The van der Waals surface area contributed by atoms with E-state index in [9.17, 15) is 13.2 Å². The van der Waals surface area contributed by atoms with E-state index in [4.69, 9.17) is 11.6 Å². The Morgan fingerprint density at radius 1 is 1.37 bits per heavy atom. The van der Waals surface area contributed by atoms with Crippen LogP contribution in [0.2, 0.25) is 0 Å². The fraction of sp³-hybridized carbons (Fsp3) is 0.500. The van der Waals surface area contributed by atoms with Crippen LogP contribution in [0.4, 0.5) is 13.2 Å². The highest BCUT2D eigenvalue weighted by atomic mass is 35.5. The van der Waals surface area contributed by atoms with Crippen LogP contribution >= 0.6 is 11.6 Å². The van der Waals surface area contributed by atoms with Crippen molar-refractivity contribution in [2.75, 3.05) is 0 Å². The van der Waals surface area contributed by atoms with Crippen LogP contribution in [0.15, 0.2) is 18.5 Å². The molecule has 19 heavy (non-hydrogen) atoms. The van der Waals surface area contributed by atoms with Crippen molar-refractivity contribution in [2.45, 2.75) is 37.9 Å². The average molecular weight is 292 g/mol. The molecule has 2 unspecified atom stereocenters. The fourth-order valence-electron chi connectivity index (χ4n) is 2.14. The van der Waals surface area contributed by atoms with Crippen LogP contribution in [0.1, 0.15) is 37.5 Å². The Bertz CT molecular complexity index is 577. The maximum absolute atomic E-state index is 12.6. The molecule has 0 fully saturated rings. The largest absolute Gasteiger partial charge is 0.391 e. The van der Waals surface area contributed by atoms with Gasteiger partial charge in [0.25, 0.3) is 0 Å². The molecule has 0 bridgehead atoms. The highest BCUT2D eigenvalue weighted by Gasteiger charge is 2.32. The summed E-state index contributed by atoms with van der Waals surface area (Å²) in [5, 5.41) is -0.469. The molecule has 0 saturated carbocycles. The van der Waals surface area contributed by atoms with Gasteiger partial charge in [0, 0.05) is 12.2 Å². The molecule has 0 aliphatic rings. The van der Waals surface area contributed by atoms with E-state index in [1.807, 2.05) is 0 Å². The number of alkyl halides is 4. The number of fused-ring (bicyclic) bond motifs is 1. The zero-order chi connectivity index (χ0) is 14.2. The summed E-state index contributed by atoms with van der Waals surface area (Å²) >= 11 is 6.01. The van der Waals surface area contributed by atoms with Gasteiger partial charge in [0.05, 0.1) is 23.5 Å². The summed E-state index contributed by atoms with van der Waals surface area (Å²) in [7, 11) is 0. The van der Waals surface area contributed by atoms with Gasteiger partial charge in [-0.3, -0.25) is 4.98 Å². The second-order valence-electron chi connectivity index (χ2n) is 4.49. The molecule has 2 aromatic heterocycles. The van der Waals surface area contributed by atoms with Crippen molar-refractivity contribution in [2.24, 2.45) is 0 Å². The summed E-state index contributed by atoms with van der Waals surface area (Å²) in [6.45, 7) is 3.20. The quantitative estimate of drug-likeness (QED) is 0.792. The minimum atomic E-state index is -4.23. The molecule has 2 atom stereocenters. The van der Waals surface area contributed by atoms with Crippen LogP contribution in [0, 0.1) is 0 Å². The first-order chi connectivity index (χ1) is 8.79. The lowest BCUT2D eigenvalue weighted by atomic mass is 10.2. The third-order valence-corrected chi connectivity index (χ3v) is 3.04. The van der Waals surface area contributed by atoms with E-state index in [0.29, 0.717) is 16.9 Å². The maximum Gasteiger partial charge on any atom is 0.391 e. The minimum Gasteiger partial charge on any atom is -0.323 e. The summed E-state index contributed by atoms with van der Waals surface area (Å²) in [5.41, 5.74) is 1.17. The number of aromatic nitrogens is 3. The first-order valence-electron chi connectivity index (χ1n) is 5.82. The van der Waals surface area contributed by atoms with Crippen molar-refractivity contribution in [1.29, 1.82) is 0 Å². The number of hydrogen-bond acceptors (Lipinski definition) is 2. The normalized spacial score (nSPS) is 15.7. The summed E-state index contributed by atoms with van der Waals surface area (Å²) in [6, 6.07) is 0.890. The van der Waals surface area contributed by atoms with E-state index in [1.165, 1.54) is 19.3 Å². The van der Waals surface area contributed by atoms with Gasteiger partial charge in [-0.1, -0.05) is 0 Å². The average Bonchev–Trinajstić information content (AvgIpc) is 2.65. The zero-order valence-corrected chi connectivity index (χ0v) is 11.2. The summed E-state index contributed by atoms with van der Waals surface area (Å²) in [6.07, 6.45) is -2.09. The lowest BCUT2D eigenvalue weighted by molar-refractivity contribution is -0.141. The highest BCUT2D eigenvalue weighted by Crippen LogP contribution is 2.33. The van der Waals surface area contributed by atoms with Crippen LogP contribution in [-0.4, -0.2) is 20.7 Å². The van der Waals surface area contributed by atoms with Crippen LogP contribution in [0.25, 0.3) is 11.0 Å². The maximum atomic E-state index is 12.6. The van der Waals surface area contributed by atoms with Crippen molar-refractivity contribution in [3.63, 3.8) is 0 Å². The molecule has 0 N–H and O–H groups in total. The summed E-state index contributed by atoms with van der Waals surface area (Å²) < 4.78 is 39.2. The van der Waals surface area contributed by atoms with E-state index in [0.717, 1.165) is 0 Å². The molecular weight excluding hydrogens is 279 g/mol. The standard InChI is InChI=1S/C12H13ClF3N3/c1-7(5-12(14,15)16)19-10-3-4-17-6-9(10)18-11(19)8(2)13/h3-4,6-8H,5H2,1-2H3. The van der Waals surface area contributed by atoms with E-state index in [1.54, 1.807) is 17.6 Å². The molecule has 7 heteroatoms. The van der Waals surface area contributed by atoms with Gasteiger partial charge in [-0.15, -0.1) is 11.6 Å². The van der Waals surface area contributed by atoms with E-state index >= 15 is 0 Å². The Balaban J connectivity index is 2.53. The number of rotatable bonds is 3. The molecule has 3 nitrogen and oxygen atoms in total. The number of imidazole rings is 1. The first kappa shape index (κ1) is 14.1. The van der Waals surface area contributed by atoms with Gasteiger partial charge in [-0.2, -0.15) is 13.2 Å². The molecule has 104 valence electrons. The molecule has 0 saturated heterocycles. The Hall–Kier alpha value is -1.30. The van der Waals surface area contributed by atoms with Crippen LogP contribution < -0.4 is 0 Å². The Labute approximate surface area is 113 Å². The van der Waals surface area contributed by atoms with Gasteiger partial charge >= 0.3 is 6.18 Å². The van der Waals surface area contributed by atoms with E-state index in [2.05, 4.69) is 9.97 Å². The number of pyridine rings is 1. The zero-order valence-electron chi connectivity index (χ0n) is 10.4. The topological polar surface area (TPSA) is 30.7 Å². The van der Waals surface area contributed by atoms with Gasteiger partial charge < -0.3 is 4.57 Å². The molecule has 0 aromatic carbocycles. The number of hydrogen-bond donors (Lipinski definition) is 0. The van der Waals surface area contributed by atoms with Gasteiger partial charge in [-0.25, -0.2) is 4.98 Å². The Kier molecular flexibility index (Phi) is 3.71.